The number of fused-ring (bicyclic) bond motifs is 1. The molecule has 30 heavy (non-hydrogen) atoms. The molecule has 0 fully saturated rings. The number of phenols is 1. The molecule has 9 heteroatoms. The van der Waals surface area contributed by atoms with Crippen molar-refractivity contribution in [1.82, 2.24) is 14.8 Å². The third-order valence-electron chi connectivity index (χ3n) is 4.43. The van der Waals surface area contributed by atoms with Gasteiger partial charge in [0, 0.05) is 0 Å². The summed E-state index contributed by atoms with van der Waals surface area (Å²) in [6.45, 7) is 0. The molecule has 0 aromatic heterocycles. The normalized spacial score (nSPS) is 12.5. The van der Waals surface area contributed by atoms with Crippen LogP contribution in [-0.4, -0.2) is 34.1 Å². The van der Waals surface area contributed by atoms with E-state index in [1.54, 1.807) is 38.5 Å². The van der Waals surface area contributed by atoms with Gasteiger partial charge in [0.05, 0.1) is 19.4 Å². The number of aromatic nitrogens is 3. The summed E-state index contributed by atoms with van der Waals surface area (Å²) in [7, 11) is 3.15. The summed E-state index contributed by atoms with van der Waals surface area (Å²) in [5.41, 5.74) is 1.07. The fourth-order valence-corrected chi connectivity index (χ4v) is 3.83. The zero-order chi connectivity index (χ0) is 21.3. The number of hydrogen-bond acceptors (Lipinski definition) is 7. The SMILES string of the molecule is COc1ccc(/C=c2/[nH]n3c(=N)/c(=C/c4ccc(O)cc4)c(=O)nc-3s2)cc1OC. The molecule has 2 aliphatic rings. The van der Waals surface area contributed by atoms with Crippen LogP contribution < -0.4 is 30.4 Å². The van der Waals surface area contributed by atoms with Gasteiger partial charge in [0.15, 0.2) is 17.0 Å². The lowest BCUT2D eigenvalue weighted by atomic mass is 10.2. The lowest BCUT2D eigenvalue weighted by Crippen LogP contribution is -2.47. The fourth-order valence-electron chi connectivity index (χ4n) is 2.94. The number of aromatic hydroxyl groups is 1. The first-order valence-electron chi connectivity index (χ1n) is 8.89. The van der Waals surface area contributed by atoms with Crippen molar-refractivity contribution in [2.75, 3.05) is 14.2 Å². The third-order valence-corrected chi connectivity index (χ3v) is 5.32. The molecule has 0 radical (unpaired) electrons. The Morgan fingerprint density at radius 2 is 1.77 bits per heavy atom. The maximum absolute atomic E-state index is 12.5. The van der Waals surface area contributed by atoms with E-state index in [0.717, 1.165) is 5.56 Å². The van der Waals surface area contributed by atoms with Crippen molar-refractivity contribution < 1.29 is 14.6 Å². The summed E-state index contributed by atoms with van der Waals surface area (Å²) < 4.78 is 12.8. The van der Waals surface area contributed by atoms with Gasteiger partial charge in [-0.3, -0.25) is 15.3 Å². The Morgan fingerprint density at radius 1 is 1.07 bits per heavy atom. The maximum Gasteiger partial charge on any atom is 0.283 e. The number of hydrogen-bond donors (Lipinski definition) is 3. The lowest BCUT2D eigenvalue weighted by Gasteiger charge is -2.07. The summed E-state index contributed by atoms with van der Waals surface area (Å²) in [6, 6.07) is 11.9. The zero-order valence-electron chi connectivity index (χ0n) is 16.2. The Bertz CT molecular complexity index is 1420. The molecule has 0 amide bonds. The van der Waals surface area contributed by atoms with Gasteiger partial charge in [0.1, 0.15) is 10.4 Å². The molecule has 2 aromatic carbocycles. The summed E-state index contributed by atoms with van der Waals surface area (Å²) in [5, 5.41) is 21.5. The van der Waals surface area contributed by atoms with Gasteiger partial charge in [-0.1, -0.05) is 29.5 Å². The highest BCUT2D eigenvalue weighted by molar-refractivity contribution is 7.11. The van der Waals surface area contributed by atoms with Crippen LogP contribution in [-0.2, 0) is 0 Å². The van der Waals surface area contributed by atoms with Crippen molar-refractivity contribution >= 4 is 23.5 Å². The molecule has 0 saturated carbocycles. The van der Waals surface area contributed by atoms with E-state index in [4.69, 9.17) is 14.9 Å². The minimum Gasteiger partial charge on any atom is -0.508 e. The van der Waals surface area contributed by atoms with Crippen LogP contribution in [0.1, 0.15) is 11.1 Å². The van der Waals surface area contributed by atoms with E-state index in [-0.39, 0.29) is 16.5 Å². The van der Waals surface area contributed by atoms with Crippen LogP contribution in [0.3, 0.4) is 0 Å². The van der Waals surface area contributed by atoms with E-state index < -0.39 is 5.56 Å². The Balaban J connectivity index is 1.85. The van der Waals surface area contributed by atoms with Gasteiger partial charge in [-0.15, -0.1) is 0 Å². The lowest BCUT2D eigenvalue weighted by molar-refractivity contribution is 0.355. The summed E-state index contributed by atoms with van der Waals surface area (Å²) in [6.07, 6.45) is 3.45. The summed E-state index contributed by atoms with van der Waals surface area (Å²) in [4.78, 5) is 16.6. The number of phenolic OH excluding ortho intramolecular Hbond substituents is 1. The van der Waals surface area contributed by atoms with Crippen LogP contribution in [0.4, 0.5) is 0 Å². The standard InChI is InChI=1S/C21H18N4O4S/c1-28-16-8-5-13(10-17(16)29-2)11-18-24-25-19(22)15(20(27)23-21(25)30-18)9-12-3-6-14(26)7-4-12/h3-11,22,24,26H,1-2H3/b15-9-,18-11-,22-19?. The van der Waals surface area contributed by atoms with Crippen molar-refractivity contribution in [2.45, 2.75) is 0 Å². The Labute approximate surface area is 174 Å². The fraction of sp³-hybridized carbons (Fsp3) is 0.0952. The van der Waals surface area contributed by atoms with Gasteiger partial charge >= 0.3 is 0 Å². The van der Waals surface area contributed by atoms with Gasteiger partial charge in [-0.25, -0.2) is 4.68 Å². The van der Waals surface area contributed by atoms with Gasteiger partial charge in [-0.2, -0.15) is 4.98 Å². The van der Waals surface area contributed by atoms with E-state index in [2.05, 4.69) is 10.1 Å². The van der Waals surface area contributed by atoms with Crippen molar-refractivity contribution in [3.05, 3.63) is 79.3 Å². The third kappa shape index (κ3) is 3.70. The molecule has 2 heterocycles. The first-order valence-corrected chi connectivity index (χ1v) is 9.71. The number of ether oxygens (including phenoxy) is 2. The summed E-state index contributed by atoms with van der Waals surface area (Å²) in [5.74, 6) is 1.36. The highest BCUT2D eigenvalue weighted by Gasteiger charge is 2.10. The highest BCUT2D eigenvalue weighted by atomic mass is 32.1. The Hall–Kier alpha value is -3.85. The molecule has 0 aliphatic carbocycles. The average molecular weight is 422 g/mol. The number of aromatic amines is 1. The molecule has 4 rings (SSSR count). The second-order valence-electron chi connectivity index (χ2n) is 6.37. The maximum atomic E-state index is 12.5. The molecule has 0 saturated heterocycles. The van der Waals surface area contributed by atoms with Crippen LogP contribution in [0.2, 0.25) is 0 Å². The van der Waals surface area contributed by atoms with Crippen LogP contribution in [0.25, 0.3) is 17.3 Å². The molecule has 0 unspecified atom stereocenters. The van der Waals surface area contributed by atoms with Gasteiger partial charge in [0.25, 0.3) is 5.56 Å². The predicted molar refractivity (Wildman–Crippen MR) is 113 cm³/mol. The van der Waals surface area contributed by atoms with Gasteiger partial charge in [0.2, 0.25) is 5.13 Å². The molecule has 8 nitrogen and oxygen atoms in total. The molecular weight excluding hydrogens is 404 g/mol. The second-order valence-corrected chi connectivity index (χ2v) is 7.38. The monoisotopic (exact) mass is 422 g/mol. The van der Waals surface area contributed by atoms with E-state index >= 15 is 0 Å². The molecule has 3 N–H and O–H groups in total. The van der Waals surface area contributed by atoms with Crippen LogP contribution >= 0.6 is 11.3 Å². The van der Waals surface area contributed by atoms with E-state index in [9.17, 15) is 9.90 Å². The first kappa shape index (κ1) is 19.5. The second kappa shape index (κ2) is 7.88. The number of benzene rings is 2. The molecule has 2 aromatic rings. The van der Waals surface area contributed by atoms with Crippen LogP contribution in [0.5, 0.6) is 17.2 Å². The molecule has 2 aliphatic heterocycles. The van der Waals surface area contributed by atoms with Crippen molar-refractivity contribution in [3.63, 3.8) is 0 Å². The van der Waals surface area contributed by atoms with Crippen LogP contribution in [0.15, 0.2) is 47.3 Å². The molecular formula is C21H18N4O4S. The highest BCUT2D eigenvalue weighted by Crippen LogP contribution is 2.27. The summed E-state index contributed by atoms with van der Waals surface area (Å²) >= 11 is 1.26. The van der Waals surface area contributed by atoms with Crippen molar-refractivity contribution in [2.24, 2.45) is 0 Å². The molecule has 152 valence electrons. The number of methoxy groups -OCH3 is 2. The minimum atomic E-state index is -0.485. The number of rotatable bonds is 4. The van der Waals surface area contributed by atoms with E-state index in [0.29, 0.717) is 26.9 Å². The van der Waals surface area contributed by atoms with E-state index in [1.165, 1.54) is 28.2 Å². The smallest absolute Gasteiger partial charge is 0.283 e. The first-order chi connectivity index (χ1) is 14.5. The largest absolute Gasteiger partial charge is 0.508 e. The quantitative estimate of drug-likeness (QED) is 0.453. The zero-order valence-corrected chi connectivity index (χ0v) is 17.0. The topological polar surface area (TPSA) is 113 Å². The average Bonchev–Trinajstić information content (AvgIpc) is 3.14. The van der Waals surface area contributed by atoms with Crippen molar-refractivity contribution in [1.29, 1.82) is 5.41 Å². The van der Waals surface area contributed by atoms with E-state index in [1.807, 2.05) is 18.2 Å². The van der Waals surface area contributed by atoms with Gasteiger partial charge in [-0.05, 0) is 47.5 Å². The molecule has 0 bridgehead atoms. The number of nitrogens with zero attached hydrogens (tertiary/aromatic N) is 2. The van der Waals surface area contributed by atoms with Crippen LogP contribution in [0, 0.1) is 5.41 Å². The van der Waals surface area contributed by atoms with Crippen molar-refractivity contribution in [3.8, 4) is 22.4 Å². The Morgan fingerprint density at radius 3 is 2.47 bits per heavy atom. The molecule has 0 atom stereocenters. The number of H-pyrrole nitrogens is 1. The minimum absolute atomic E-state index is 0.00119. The molecule has 0 spiro atoms. The number of nitrogens with one attached hydrogen (secondary N) is 2. The Kier molecular flexibility index (Phi) is 5.11. The predicted octanol–water partition coefficient (Wildman–Crippen LogP) is 0.920. The van der Waals surface area contributed by atoms with Gasteiger partial charge < -0.3 is 14.6 Å².